The normalized spacial score (nSPS) is 15.9. The highest BCUT2D eigenvalue weighted by Crippen LogP contribution is 2.41. The molecule has 176 valence electrons. The van der Waals surface area contributed by atoms with E-state index in [1.807, 2.05) is 24.3 Å². The lowest BCUT2D eigenvalue weighted by Gasteiger charge is -2.27. The first kappa shape index (κ1) is 24.3. The Balaban J connectivity index is 1.42. The number of Topliss-reactive ketones (excluding diaryl/α,β-unsaturated/α-hetero) is 1. The third-order valence-corrected chi connectivity index (χ3v) is 8.18. The Morgan fingerprint density at radius 2 is 1.76 bits per heavy atom. The number of carbonyl (C=O) groups excluding carboxylic acids is 1. The molecular formula is C26H27N3O3S2. The molecule has 34 heavy (non-hydrogen) atoms. The van der Waals surface area contributed by atoms with Gasteiger partial charge >= 0.3 is 0 Å². The van der Waals surface area contributed by atoms with Crippen LogP contribution in [0.2, 0.25) is 0 Å². The average molecular weight is 494 g/mol. The van der Waals surface area contributed by atoms with Crippen molar-refractivity contribution in [2.24, 2.45) is 5.92 Å². The topological polar surface area (TPSA) is 91.1 Å². The van der Waals surface area contributed by atoms with E-state index in [1.165, 1.54) is 11.1 Å². The zero-order chi connectivity index (χ0) is 24.5. The third kappa shape index (κ3) is 5.44. The van der Waals surface area contributed by atoms with Crippen LogP contribution >= 0.6 is 11.3 Å². The van der Waals surface area contributed by atoms with E-state index in [2.05, 4.69) is 24.8 Å². The fourth-order valence-corrected chi connectivity index (χ4v) is 6.21. The highest BCUT2D eigenvalue weighted by molar-refractivity contribution is 7.90. The monoisotopic (exact) mass is 493 g/mol. The van der Waals surface area contributed by atoms with Crippen LogP contribution in [0.3, 0.4) is 0 Å². The van der Waals surface area contributed by atoms with Crippen molar-refractivity contribution in [3.8, 4) is 6.07 Å². The van der Waals surface area contributed by atoms with Crippen LogP contribution < -0.4 is 0 Å². The van der Waals surface area contributed by atoms with E-state index in [1.54, 1.807) is 35.6 Å². The second kappa shape index (κ2) is 9.79. The van der Waals surface area contributed by atoms with Gasteiger partial charge < -0.3 is 0 Å². The van der Waals surface area contributed by atoms with Crippen LogP contribution in [-0.4, -0.2) is 30.3 Å². The van der Waals surface area contributed by atoms with Crippen molar-refractivity contribution in [2.75, 3.05) is 6.26 Å². The van der Waals surface area contributed by atoms with Gasteiger partial charge in [0.2, 0.25) is 0 Å². The fraction of sp³-hybridized carbons (Fsp3) is 0.346. The van der Waals surface area contributed by atoms with Gasteiger partial charge in [0, 0.05) is 30.6 Å². The van der Waals surface area contributed by atoms with Gasteiger partial charge in [0.05, 0.1) is 34.7 Å². The van der Waals surface area contributed by atoms with Gasteiger partial charge in [-0.2, -0.15) is 5.26 Å². The Bertz CT molecular complexity index is 1340. The van der Waals surface area contributed by atoms with E-state index in [0.29, 0.717) is 11.5 Å². The number of rotatable bonds is 8. The predicted octanol–water partition coefficient (Wildman–Crippen LogP) is 4.49. The van der Waals surface area contributed by atoms with Crippen LogP contribution in [0, 0.1) is 17.2 Å². The number of nitriles is 1. The van der Waals surface area contributed by atoms with Crippen LogP contribution in [0.25, 0.3) is 0 Å². The first-order chi connectivity index (χ1) is 16.1. The maximum atomic E-state index is 12.7. The number of hydrogen-bond donors (Lipinski definition) is 0. The molecule has 0 unspecified atom stereocenters. The Kier molecular flexibility index (Phi) is 6.99. The molecule has 2 heterocycles. The summed E-state index contributed by atoms with van der Waals surface area (Å²) in [5.74, 6) is 0.439. The summed E-state index contributed by atoms with van der Waals surface area (Å²) in [5.41, 5.74) is 3.70. The third-order valence-electron chi connectivity index (χ3n) is 5.99. The first-order valence-electron chi connectivity index (χ1n) is 11.2. The van der Waals surface area contributed by atoms with Crippen LogP contribution in [0.5, 0.6) is 0 Å². The predicted molar refractivity (Wildman–Crippen MR) is 132 cm³/mol. The van der Waals surface area contributed by atoms with Gasteiger partial charge in [-0.15, -0.1) is 11.3 Å². The van der Waals surface area contributed by atoms with Gasteiger partial charge in [0.25, 0.3) is 0 Å². The molecular weight excluding hydrogens is 466 g/mol. The maximum absolute atomic E-state index is 12.7. The molecule has 0 bridgehead atoms. The van der Waals surface area contributed by atoms with E-state index in [0.717, 1.165) is 34.9 Å². The van der Waals surface area contributed by atoms with Crippen LogP contribution in [0.15, 0.2) is 53.4 Å². The Hall–Kier alpha value is -2.86. The molecule has 0 radical (unpaired) electrons. The molecule has 1 aromatic heterocycles. The summed E-state index contributed by atoms with van der Waals surface area (Å²) < 4.78 is 23.2. The standard InChI is InChI=1S/C26H27N3O3S2/c1-17(2)26-25-23(16-29(26)15-20-6-4-19(14-27)5-7-20)33-24(28-25)13-21(30)12-18-8-10-22(11-9-18)34(3,31)32/h4-11,17,26H,12-13,15-16H2,1-3H3/t26-/m1/s1. The molecule has 0 saturated carbocycles. The van der Waals surface area contributed by atoms with Crippen molar-refractivity contribution < 1.29 is 13.2 Å². The minimum Gasteiger partial charge on any atom is -0.299 e. The quantitative estimate of drug-likeness (QED) is 0.459. The molecule has 0 fully saturated rings. The SMILES string of the molecule is CC(C)[C@@H]1c2nc(CC(=O)Cc3ccc(S(C)(=O)=O)cc3)sc2CN1Cc1ccc(C#N)cc1. The van der Waals surface area contributed by atoms with E-state index < -0.39 is 9.84 Å². The molecule has 0 aliphatic carbocycles. The molecule has 2 aromatic carbocycles. The highest BCUT2D eigenvalue weighted by Gasteiger charge is 2.36. The van der Waals surface area contributed by atoms with Crippen molar-refractivity contribution in [3.63, 3.8) is 0 Å². The number of hydrogen-bond acceptors (Lipinski definition) is 7. The van der Waals surface area contributed by atoms with Gasteiger partial charge in [-0.3, -0.25) is 9.69 Å². The van der Waals surface area contributed by atoms with Crippen molar-refractivity contribution >= 4 is 27.0 Å². The molecule has 3 aromatic rings. The number of aromatic nitrogens is 1. The van der Waals surface area contributed by atoms with E-state index in [9.17, 15) is 13.2 Å². The minimum absolute atomic E-state index is 0.0649. The lowest BCUT2D eigenvalue weighted by atomic mass is 10.0. The van der Waals surface area contributed by atoms with E-state index in [4.69, 9.17) is 10.2 Å². The molecule has 0 saturated heterocycles. The Morgan fingerprint density at radius 3 is 2.35 bits per heavy atom. The van der Waals surface area contributed by atoms with Crippen LogP contribution in [-0.2, 0) is 40.6 Å². The van der Waals surface area contributed by atoms with E-state index in [-0.39, 0.29) is 29.6 Å². The number of sulfone groups is 1. The zero-order valence-corrected chi connectivity index (χ0v) is 21.1. The molecule has 0 N–H and O–H groups in total. The molecule has 4 rings (SSSR count). The fourth-order valence-electron chi connectivity index (χ4n) is 4.41. The van der Waals surface area contributed by atoms with Crippen LogP contribution in [0.1, 0.15) is 52.2 Å². The summed E-state index contributed by atoms with van der Waals surface area (Å²) in [7, 11) is -3.25. The lowest BCUT2D eigenvalue weighted by molar-refractivity contribution is -0.117. The number of fused-ring (bicyclic) bond motifs is 1. The summed E-state index contributed by atoms with van der Waals surface area (Å²) in [6, 6.07) is 16.5. The van der Waals surface area contributed by atoms with Gasteiger partial charge in [0.1, 0.15) is 10.8 Å². The van der Waals surface area contributed by atoms with Crippen molar-refractivity contribution in [1.82, 2.24) is 9.88 Å². The average Bonchev–Trinajstić information content (AvgIpc) is 3.30. The number of nitrogens with zero attached hydrogens (tertiary/aromatic N) is 3. The largest absolute Gasteiger partial charge is 0.299 e. The molecule has 1 atom stereocenters. The second-order valence-electron chi connectivity index (χ2n) is 9.13. The Morgan fingerprint density at radius 1 is 1.12 bits per heavy atom. The molecule has 6 nitrogen and oxygen atoms in total. The first-order valence-corrected chi connectivity index (χ1v) is 13.9. The van der Waals surface area contributed by atoms with Crippen molar-refractivity contribution in [2.45, 2.75) is 50.7 Å². The Labute approximate surface area is 204 Å². The summed E-state index contributed by atoms with van der Waals surface area (Å²) in [5, 5.41) is 9.86. The van der Waals surface area contributed by atoms with Crippen LogP contribution in [0.4, 0.5) is 0 Å². The number of thiazole rings is 1. The lowest BCUT2D eigenvalue weighted by Crippen LogP contribution is -2.26. The van der Waals surface area contributed by atoms with Gasteiger partial charge in [-0.05, 0) is 41.3 Å². The zero-order valence-electron chi connectivity index (χ0n) is 19.5. The molecule has 0 amide bonds. The maximum Gasteiger partial charge on any atom is 0.175 e. The molecule has 1 aliphatic rings. The number of ketones is 1. The molecule has 0 spiro atoms. The number of benzene rings is 2. The van der Waals surface area contributed by atoms with Gasteiger partial charge in [0.15, 0.2) is 9.84 Å². The van der Waals surface area contributed by atoms with E-state index >= 15 is 0 Å². The van der Waals surface area contributed by atoms with Gasteiger partial charge in [-0.1, -0.05) is 38.1 Å². The summed E-state index contributed by atoms with van der Waals surface area (Å²) in [4.78, 5) is 21.4. The minimum atomic E-state index is -3.25. The summed E-state index contributed by atoms with van der Waals surface area (Å²) in [6.45, 7) is 5.97. The molecule has 8 heteroatoms. The molecule has 1 aliphatic heterocycles. The van der Waals surface area contributed by atoms with Gasteiger partial charge in [-0.25, -0.2) is 13.4 Å². The smallest absolute Gasteiger partial charge is 0.175 e. The van der Waals surface area contributed by atoms with Crippen molar-refractivity contribution in [1.29, 1.82) is 5.26 Å². The number of carbonyl (C=O) groups is 1. The summed E-state index contributed by atoms with van der Waals surface area (Å²) in [6.07, 6.45) is 1.71. The highest BCUT2D eigenvalue weighted by atomic mass is 32.2. The summed E-state index contributed by atoms with van der Waals surface area (Å²) >= 11 is 1.61. The van der Waals surface area contributed by atoms with Crippen molar-refractivity contribution in [3.05, 3.63) is 80.8 Å². The second-order valence-corrected chi connectivity index (χ2v) is 12.3.